The van der Waals surface area contributed by atoms with Gasteiger partial charge in [-0.05, 0) is 17.7 Å². The van der Waals surface area contributed by atoms with Gasteiger partial charge in [0, 0.05) is 19.0 Å². The summed E-state index contributed by atoms with van der Waals surface area (Å²) in [5, 5.41) is 3.36. The van der Waals surface area contributed by atoms with E-state index in [0.717, 1.165) is 17.0 Å². The van der Waals surface area contributed by atoms with E-state index in [0.29, 0.717) is 52.7 Å². The largest absolute Gasteiger partial charge is 0.489 e. The molecular weight excluding hydrogens is 306 g/mol. The van der Waals surface area contributed by atoms with Gasteiger partial charge in [-0.15, -0.1) is 0 Å². The molecule has 1 heterocycles. The van der Waals surface area contributed by atoms with E-state index in [9.17, 15) is 0 Å². The number of hydrogen-bond acceptors (Lipinski definition) is 6. The first-order chi connectivity index (χ1) is 11.9. The minimum atomic E-state index is 0.484. The Morgan fingerprint density at radius 1 is 1.00 bits per heavy atom. The summed E-state index contributed by atoms with van der Waals surface area (Å²) in [6.07, 6.45) is 5.35. The van der Waals surface area contributed by atoms with Crippen LogP contribution in [0.5, 0.6) is 5.75 Å². The standard InChI is InChI=1S/C18H25N3O3/c1-2-16-3-4-18-17(15-16)21-6-5-19-7-10-22-13-14-23-11-8-20-9-12-24-18/h2-4,7-8,15,21H,1,5-6,9-14H2. The van der Waals surface area contributed by atoms with Crippen molar-refractivity contribution in [3.05, 3.63) is 30.3 Å². The highest BCUT2D eigenvalue weighted by molar-refractivity contribution is 5.64. The number of anilines is 1. The number of fused-ring (bicyclic) bond motifs is 1. The van der Waals surface area contributed by atoms with Crippen LogP contribution in [0.1, 0.15) is 5.56 Å². The Bertz CT molecular complexity index is 558. The fraction of sp³-hybridized carbons (Fsp3) is 0.444. The first-order valence-electron chi connectivity index (χ1n) is 8.15. The maximum Gasteiger partial charge on any atom is 0.142 e. The summed E-state index contributed by atoms with van der Waals surface area (Å²) in [5.74, 6) is 0.806. The molecule has 0 aliphatic carbocycles. The lowest BCUT2D eigenvalue weighted by atomic mass is 10.2. The van der Waals surface area contributed by atoms with Crippen molar-refractivity contribution in [3.8, 4) is 5.75 Å². The van der Waals surface area contributed by atoms with Crippen molar-refractivity contribution < 1.29 is 14.2 Å². The van der Waals surface area contributed by atoms with Crippen LogP contribution in [-0.4, -0.2) is 65.1 Å². The fourth-order valence-electron chi connectivity index (χ4n) is 2.08. The molecule has 0 radical (unpaired) electrons. The predicted octanol–water partition coefficient (Wildman–Crippen LogP) is 2.31. The minimum absolute atomic E-state index is 0.484. The molecule has 1 aliphatic heterocycles. The Kier molecular flexibility index (Phi) is 8.60. The molecule has 1 aliphatic rings. The summed E-state index contributed by atoms with van der Waals surface area (Å²) in [4.78, 5) is 8.58. The van der Waals surface area contributed by atoms with Gasteiger partial charge in [-0.1, -0.05) is 18.7 Å². The van der Waals surface area contributed by atoms with E-state index in [1.807, 2.05) is 24.3 Å². The molecule has 0 atom stereocenters. The van der Waals surface area contributed by atoms with Gasteiger partial charge in [-0.25, -0.2) is 0 Å². The Morgan fingerprint density at radius 3 is 2.50 bits per heavy atom. The lowest BCUT2D eigenvalue weighted by Crippen LogP contribution is -2.11. The second kappa shape index (κ2) is 11.4. The van der Waals surface area contributed by atoms with Gasteiger partial charge in [-0.2, -0.15) is 0 Å². The maximum absolute atomic E-state index is 5.82. The van der Waals surface area contributed by atoms with Crippen LogP contribution in [0.2, 0.25) is 0 Å². The van der Waals surface area contributed by atoms with Crippen LogP contribution in [0, 0.1) is 0 Å². The monoisotopic (exact) mass is 331 g/mol. The lowest BCUT2D eigenvalue weighted by molar-refractivity contribution is 0.0809. The van der Waals surface area contributed by atoms with E-state index in [1.54, 1.807) is 12.4 Å². The third-order valence-corrected chi connectivity index (χ3v) is 3.29. The van der Waals surface area contributed by atoms with E-state index in [4.69, 9.17) is 14.2 Å². The van der Waals surface area contributed by atoms with Crippen molar-refractivity contribution >= 4 is 24.2 Å². The van der Waals surface area contributed by atoms with Gasteiger partial charge >= 0.3 is 0 Å². The summed E-state index contributed by atoms with van der Waals surface area (Å²) in [7, 11) is 0. The highest BCUT2D eigenvalue weighted by Gasteiger charge is 2.04. The zero-order valence-corrected chi connectivity index (χ0v) is 13.9. The molecule has 0 unspecified atom stereocenters. The topological polar surface area (TPSA) is 64.4 Å². The van der Waals surface area contributed by atoms with E-state index in [1.165, 1.54) is 0 Å². The fourth-order valence-corrected chi connectivity index (χ4v) is 2.08. The molecule has 2 rings (SSSR count). The molecule has 0 saturated heterocycles. The molecule has 0 bridgehead atoms. The van der Waals surface area contributed by atoms with Crippen LogP contribution in [0.25, 0.3) is 6.08 Å². The second-order valence-electron chi connectivity index (χ2n) is 5.06. The molecule has 0 fully saturated rings. The van der Waals surface area contributed by atoms with Gasteiger partial charge < -0.3 is 19.5 Å². The lowest BCUT2D eigenvalue weighted by Gasteiger charge is -2.13. The van der Waals surface area contributed by atoms with Crippen LogP contribution < -0.4 is 10.1 Å². The molecule has 0 amide bonds. The summed E-state index contributed by atoms with van der Waals surface area (Å²) >= 11 is 0. The third kappa shape index (κ3) is 6.93. The zero-order valence-electron chi connectivity index (χ0n) is 13.9. The van der Waals surface area contributed by atoms with Crippen molar-refractivity contribution in [2.24, 2.45) is 9.98 Å². The van der Waals surface area contributed by atoms with E-state index < -0.39 is 0 Å². The summed E-state index contributed by atoms with van der Waals surface area (Å²) < 4.78 is 16.6. The first kappa shape index (κ1) is 18.2. The first-order valence-corrected chi connectivity index (χ1v) is 8.15. The van der Waals surface area contributed by atoms with E-state index in [-0.39, 0.29) is 0 Å². The van der Waals surface area contributed by atoms with Gasteiger partial charge in [-0.3, -0.25) is 9.98 Å². The summed E-state index contributed by atoms with van der Waals surface area (Å²) in [6, 6.07) is 5.94. The minimum Gasteiger partial charge on any atom is -0.489 e. The molecule has 24 heavy (non-hydrogen) atoms. The Labute approximate surface area is 143 Å². The SMILES string of the molecule is C=Cc1ccc2c(c1)NCCN=CCOCCOCC=NCCO2. The van der Waals surface area contributed by atoms with Gasteiger partial charge in [0.2, 0.25) is 0 Å². The van der Waals surface area contributed by atoms with Gasteiger partial charge in [0.05, 0.1) is 45.2 Å². The third-order valence-electron chi connectivity index (χ3n) is 3.29. The molecule has 0 spiro atoms. The van der Waals surface area contributed by atoms with Gasteiger partial charge in [0.25, 0.3) is 0 Å². The number of hydrogen-bond donors (Lipinski definition) is 1. The van der Waals surface area contributed by atoms with Gasteiger partial charge in [0.15, 0.2) is 0 Å². The molecule has 1 aromatic carbocycles. The maximum atomic E-state index is 5.82. The van der Waals surface area contributed by atoms with Crippen molar-refractivity contribution in [1.82, 2.24) is 0 Å². The summed E-state index contributed by atoms with van der Waals surface area (Å²) in [6.45, 7) is 8.38. The number of benzene rings is 1. The Morgan fingerprint density at radius 2 is 1.75 bits per heavy atom. The van der Waals surface area contributed by atoms with Crippen LogP contribution in [0.15, 0.2) is 34.8 Å². The highest BCUT2D eigenvalue weighted by Crippen LogP contribution is 2.26. The molecule has 6 heteroatoms. The molecular formula is C18H25N3O3. The molecule has 130 valence electrons. The van der Waals surface area contributed by atoms with Crippen molar-refractivity contribution in [2.75, 3.05) is 58.0 Å². The van der Waals surface area contributed by atoms with Crippen LogP contribution in [0.3, 0.4) is 0 Å². The Balaban J connectivity index is 1.98. The van der Waals surface area contributed by atoms with Crippen molar-refractivity contribution in [2.45, 2.75) is 0 Å². The number of aliphatic imine (C=N–C) groups is 2. The quantitative estimate of drug-likeness (QED) is 0.858. The van der Waals surface area contributed by atoms with Gasteiger partial charge in [0.1, 0.15) is 12.4 Å². The average Bonchev–Trinajstić information content (AvgIpc) is 2.61. The molecule has 6 nitrogen and oxygen atoms in total. The van der Waals surface area contributed by atoms with Crippen LogP contribution in [0.4, 0.5) is 5.69 Å². The zero-order chi connectivity index (χ0) is 16.9. The van der Waals surface area contributed by atoms with Crippen molar-refractivity contribution in [1.29, 1.82) is 0 Å². The van der Waals surface area contributed by atoms with Crippen molar-refractivity contribution in [3.63, 3.8) is 0 Å². The molecule has 0 saturated carbocycles. The van der Waals surface area contributed by atoms with Crippen LogP contribution in [-0.2, 0) is 9.47 Å². The number of nitrogens with zero attached hydrogens (tertiary/aromatic N) is 2. The smallest absolute Gasteiger partial charge is 0.142 e. The molecule has 1 N–H and O–H groups in total. The van der Waals surface area contributed by atoms with E-state index in [2.05, 4.69) is 21.9 Å². The highest BCUT2D eigenvalue weighted by atomic mass is 16.5. The van der Waals surface area contributed by atoms with E-state index >= 15 is 0 Å². The number of ether oxygens (including phenoxy) is 3. The number of nitrogens with one attached hydrogen (secondary N) is 1. The normalized spacial score (nSPS) is 17.7. The average molecular weight is 331 g/mol. The Hall–Kier alpha value is -2.18. The second-order valence-corrected chi connectivity index (χ2v) is 5.06. The molecule has 0 aromatic heterocycles. The molecule has 1 aromatic rings. The van der Waals surface area contributed by atoms with Crippen LogP contribution >= 0.6 is 0 Å². The predicted molar refractivity (Wildman–Crippen MR) is 98.9 cm³/mol. The summed E-state index contributed by atoms with van der Waals surface area (Å²) in [5.41, 5.74) is 1.98. The number of rotatable bonds is 1.